The van der Waals surface area contributed by atoms with Gasteiger partial charge in [0.25, 0.3) is 0 Å². The van der Waals surface area contributed by atoms with Crippen LogP contribution in [0.5, 0.6) is 0 Å². The molecule has 0 amide bonds. The zero-order chi connectivity index (χ0) is 14.0. The van der Waals surface area contributed by atoms with E-state index in [4.69, 9.17) is 0 Å². The standard InChI is InChI=1S/C15H20N4O/c1-18-14(16-12-17-18)15(20)8-5-9-19(11-15)10-13-6-3-2-4-7-13/h2-4,6-7,12,20H,5,8-11H2,1H3. The molecule has 1 aliphatic rings. The molecule has 20 heavy (non-hydrogen) atoms. The second kappa shape index (κ2) is 5.34. The molecule has 2 heterocycles. The minimum atomic E-state index is -0.891. The monoisotopic (exact) mass is 272 g/mol. The van der Waals surface area contributed by atoms with Crippen molar-refractivity contribution in [3.63, 3.8) is 0 Å². The summed E-state index contributed by atoms with van der Waals surface area (Å²) in [6, 6.07) is 10.4. The minimum Gasteiger partial charge on any atom is -0.381 e. The van der Waals surface area contributed by atoms with Crippen LogP contribution < -0.4 is 0 Å². The Morgan fingerprint density at radius 1 is 1.30 bits per heavy atom. The van der Waals surface area contributed by atoms with Gasteiger partial charge < -0.3 is 5.11 Å². The topological polar surface area (TPSA) is 54.2 Å². The van der Waals surface area contributed by atoms with E-state index in [0.717, 1.165) is 25.9 Å². The SMILES string of the molecule is Cn1ncnc1C1(O)CCCN(Cc2ccccc2)C1. The molecule has 5 heteroatoms. The van der Waals surface area contributed by atoms with Gasteiger partial charge in [0.15, 0.2) is 5.82 Å². The first-order valence-electron chi connectivity index (χ1n) is 7.00. The van der Waals surface area contributed by atoms with Gasteiger partial charge in [0.2, 0.25) is 0 Å². The Morgan fingerprint density at radius 3 is 2.80 bits per heavy atom. The van der Waals surface area contributed by atoms with Crippen LogP contribution >= 0.6 is 0 Å². The summed E-state index contributed by atoms with van der Waals surface area (Å²) in [5.74, 6) is 0.662. The highest BCUT2D eigenvalue weighted by Gasteiger charge is 2.38. The minimum absolute atomic E-state index is 0.606. The summed E-state index contributed by atoms with van der Waals surface area (Å²) >= 11 is 0. The third kappa shape index (κ3) is 2.59. The number of hydrogen-bond acceptors (Lipinski definition) is 4. The van der Waals surface area contributed by atoms with Crippen molar-refractivity contribution in [2.24, 2.45) is 7.05 Å². The smallest absolute Gasteiger partial charge is 0.159 e. The van der Waals surface area contributed by atoms with E-state index in [1.807, 2.05) is 25.2 Å². The van der Waals surface area contributed by atoms with Gasteiger partial charge in [0.05, 0.1) is 0 Å². The molecule has 5 nitrogen and oxygen atoms in total. The van der Waals surface area contributed by atoms with E-state index >= 15 is 0 Å². The lowest BCUT2D eigenvalue weighted by molar-refractivity contribution is -0.0472. The average molecular weight is 272 g/mol. The number of hydrogen-bond donors (Lipinski definition) is 1. The summed E-state index contributed by atoms with van der Waals surface area (Å²) < 4.78 is 1.67. The third-order valence-corrected chi connectivity index (χ3v) is 3.93. The van der Waals surface area contributed by atoms with Crippen molar-refractivity contribution in [3.05, 3.63) is 48.0 Å². The first kappa shape index (κ1) is 13.3. The number of aryl methyl sites for hydroxylation is 1. The number of aliphatic hydroxyl groups is 1. The number of rotatable bonds is 3. The van der Waals surface area contributed by atoms with Gasteiger partial charge in [-0.05, 0) is 24.9 Å². The fraction of sp³-hybridized carbons (Fsp3) is 0.467. The molecule has 1 aromatic carbocycles. The summed E-state index contributed by atoms with van der Waals surface area (Å²) in [4.78, 5) is 6.51. The Bertz CT molecular complexity index is 568. The molecule has 2 aromatic rings. The Balaban J connectivity index is 1.75. The normalized spacial score (nSPS) is 23.9. The molecule has 0 aliphatic carbocycles. The van der Waals surface area contributed by atoms with Gasteiger partial charge in [0.1, 0.15) is 11.9 Å². The van der Waals surface area contributed by atoms with Crippen LogP contribution in [-0.4, -0.2) is 37.9 Å². The molecular weight excluding hydrogens is 252 g/mol. The number of likely N-dealkylation sites (tertiary alicyclic amines) is 1. The molecule has 1 atom stereocenters. The predicted molar refractivity (Wildman–Crippen MR) is 75.9 cm³/mol. The van der Waals surface area contributed by atoms with Crippen LogP contribution in [0.25, 0.3) is 0 Å². The highest BCUT2D eigenvalue weighted by Crippen LogP contribution is 2.30. The lowest BCUT2D eigenvalue weighted by Crippen LogP contribution is -2.47. The lowest BCUT2D eigenvalue weighted by Gasteiger charge is -2.38. The van der Waals surface area contributed by atoms with Crippen molar-refractivity contribution >= 4 is 0 Å². The summed E-state index contributed by atoms with van der Waals surface area (Å²) in [6.07, 6.45) is 3.21. The average Bonchev–Trinajstić information content (AvgIpc) is 2.87. The van der Waals surface area contributed by atoms with Gasteiger partial charge in [-0.2, -0.15) is 5.10 Å². The summed E-state index contributed by atoms with van der Waals surface area (Å²) in [6.45, 7) is 2.48. The largest absolute Gasteiger partial charge is 0.381 e. The molecule has 1 unspecified atom stereocenters. The molecule has 106 valence electrons. The first-order valence-corrected chi connectivity index (χ1v) is 7.00. The molecule has 0 saturated carbocycles. The van der Waals surface area contributed by atoms with Gasteiger partial charge in [0, 0.05) is 20.1 Å². The second-order valence-electron chi connectivity index (χ2n) is 5.54. The number of nitrogens with zero attached hydrogens (tertiary/aromatic N) is 4. The molecule has 0 bridgehead atoms. The predicted octanol–water partition coefficient (Wildman–Crippen LogP) is 1.30. The Labute approximate surface area is 118 Å². The Hall–Kier alpha value is -1.72. The van der Waals surface area contributed by atoms with E-state index in [-0.39, 0.29) is 0 Å². The molecule has 1 aromatic heterocycles. The van der Waals surface area contributed by atoms with E-state index < -0.39 is 5.60 Å². The van der Waals surface area contributed by atoms with Gasteiger partial charge >= 0.3 is 0 Å². The van der Waals surface area contributed by atoms with Crippen molar-refractivity contribution in [2.45, 2.75) is 25.0 Å². The highest BCUT2D eigenvalue weighted by molar-refractivity contribution is 5.15. The lowest BCUT2D eigenvalue weighted by atomic mass is 9.91. The fourth-order valence-electron chi connectivity index (χ4n) is 3.00. The number of benzene rings is 1. The molecular formula is C15H20N4O. The van der Waals surface area contributed by atoms with Crippen molar-refractivity contribution in [3.8, 4) is 0 Å². The Morgan fingerprint density at radius 2 is 2.10 bits per heavy atom. The summed E-state index contributed by atoms with van der Waals surface area (Å²) in [5.41, 5.74) is 0.382. The maximum absolute atomic E-state index is 10.9. The maximum atomic E-state index is 10.9. The first-order chi connectivity index (χ1) is 9.67. The van der Waals surface area contributed by atoms with Crippen molar-refractivity contribution in [2.75, 3.05) is 13.1 Å². The second-order valence-corrected chi connectivity index (χ2v) is 5.54. The highest BCUT2D eigenvalue weighted by atomic mass is 16.3. The van der Waals surface area contributed by atoms with Crippen LogP contribution in [0.1, 0.15) is 24.2 Å². The zero-order valence-corrected chi connectivity index (χ0v) is 11.7. The quantitative estimate of drug-likeness (QED) is 0.915. The number of aromatic nitrogens is 3. The molecule has 1 N–H and O–H groups in total. The maximum Gasteiger partial charge on any atom is 0.159 e. The van der Waals surface area contributed by atoms with Crippen molar-refractivity contribution in [1.29, 1.82) is 0 Å². The third-order valence-electron chi connectivity index (χ3n) is 3.93. The van der Waals surface area contributed by atoms with Crippen LogP contribution in [0, 0.1) is 0 Å². The van der Waals surface area contributed by atoms with Crippen LogP contribution in [-0.2, 0) is 19.2 Å². The Kier molecular flexibility index (Phi) is 3.54. The van der Waals surface area contributed by atoms with E-state index in [0.29, 0.717) is 12.4 Å². The molecule has 0 spiro atoms. The van der Waals surface area contributed by atoms with Crippen molar-refractivity contribution < 1.29 is 5.11 Å². The molecule has 1 fully saturated rings. The fourth-order valence-corrected chi connectivity index (χ4v) is 3.00. The van der Waals surface area contributed by atoms with Crippen LogP contribution in [0.3, 0.4) is 0 Å². The summed E-state index contributed by atoms with van der Waals surface area (Å²) in [7, 11) is 1.83. The van der Waals surface area contributed by atoms with Crippen molar-refractivity contribution in [1.82, 2.24) is 19.7 Å². The number of piperidine rings is 1. The number of β-amino-alcohol motifs (C(OH)–C–C–N with tert-alkyl or cyclic N) is 1. The molecule has 1 saturated heterocycles. The summed E-state index contributed by atoms with van der Waals surface area (Å²) in [5, 5.41) is 15.0. The van der Waals surface area contributed by atoms with Crippen LogP contribution in [0.2, 0.25) is 0 Å². The molecule has 3 rings (SSSR count). The van der Waals surface area contributed by atoms with Gasteiger partial charge in [-0.3, -0.25) is 9.58 Å². The molecule has 1 aliphatic heterocycles. The van der Waals surface area contributed by atoms with Gasteiger partial charge in [-0.1, -0.05) is 30.3 Å². The van der Waals surface area contributed by atoms with Crippen LogP contribution in [0.4, 0.5) is 0 Å². The van der Waals surface area contributed by atoms with E-state index in [2.05, 4.69) is 27.1 Å². The van der Waals surface area contributed by atoms with E-state index in [1.54, 1.807) is 4.68 Å². The van der Waals surface area contributed by atoms with Gasteiger partial charge in [-0.15, -0.1) is 0 Å². The van der Waals surface area contributed by atoms with E-state index in [1.165, 1.54) is 11.9 Å². The zero-order valence-electron chi connectivity index (χ0n) is 11.7. The van der Waals surface area contributed by atoms with E-state index in [9.17, 15) is 5.11 Å². The van der Waals surface area contributed by atoms with Gasteiger partial charge in [-0.25, -0.2) is 4.98 Å². The molecule has 0 radical (unpaired) electrons. The van der Waals surface area contributed by atoms with Crippen LogP contribution in [0.15, 0.2) is 36.7 Å².